The molecule has 1 nitrogen and oxygen atoms in total. The summed E-state index contributed by atoms with van der Waals surface area (Å²) in [5.74, 6) is 0.408. The number of rotatable bonds is 2. The second-order valence-corrected chi connectivity index (χ2v) is 6.09. The van der Waals surface area contributed by atoms with Gasteiger partial charge < -0.3 is 5.32 Å². The first-order valence-corrected chi connectivity index (χ1v) is 7.67. The van der Waals surface area contributed by atoms with Crippen molar-refractivity contribution >= 4 is 23.2 Å². The highest BCUT2D eigenvalue weighted by Crippen LogP contribution is 2.42. The Hall–Kier alpha value is -1.02. The Bertz CT molecular complexity index is 624. The Morgan fingerprint density at radius 1 is 0.950 bits per heavy atom. The summed E-state index contributed by atoms with van der Waals surface area (Å²) in [4.78, 5) is 0. The van der Waals surface area contributed by atoms with Gasteiger partial charge in [-0.2, -0.15) is 0 Å². The maximum atomic E-state index is 6.17. The van der Waals surface area contributed by atoms with Crippen molar-refractivity contribution in [3.8, 4) is 0 Å². The molecule has 0 saturated heterocycles. The first-order chi connectivity index (χ1) is 9.70. The van der Waals surface area contributed by atoms with Crippen LogP contribution in [0.15, 0.2) is 42.5 Å². The van der Waals surface area contributed by atoms with Crippen LogP contribution < -0.4 is 5.32 Å². The highest BCUT2D eigenvalue weighted by Gasteiger charge is 2.27. The molecular weight excluding hydrogens is 295 g/mol. The number of benzene rings is 2. The Kier molecular flexibility index (Phi) is 4.02. The molecule has 0 fully saturated rings. The second kappa shape index (κ2) is 5.77. The summed E-state index contributed by atoms with van der Waals surface area (Å²) in [6.07, 6.45) is 2.26. The van der Waals surface area contributed by atoms with Crippen LogP contribution in [0.4, 0.5) is 0 Å². The molecule has 3 rings (SSSR count). The van der Waals surface area contributed by atoms with Crippen molar-refractivity contribution in [1.82, 2.24) is 5.32 Å². The summed E-state index contributed by atoms with van der Waals surface area (Å²) in [6.45, 7) is 0. The summed E-state index contributed by atoms with van der Waals surface area (Å²) in [5.41, 5.74) is 4.05. The van der Waals surface area contributed by atoms with Gasteiger partial charge in [0.05, 0.1) is 10.0 Å². The SMILES string of the molecule is CN[C@H]1CC[C@@H](c2ccc(Cl)c(Cl)c2)[13c]2[13cH][13cH][13cH][13cH][13c]21. The summed E-state index contributed by atoms with van der Waals surface area (Å²) < 4.78 is 0. The molecule has 0 amide bonds. The first kappa shape index (κ1) is 13.9. The average molecular weight is 312 g/mol. The molecule has 0 heterocycles. The summed E-state index contributed by atoms with van der Waals surface area (Å²) in [7, 11) is 2.03. The van der Waals surface area contributed by atoms with Gasteiger partial charge >= 0.3 is 0 Å². The van der Waals surface area contributed by atoms with Crippen LogP contribution >= 0.6 is 23.2 Å². The molecule has 1 aliphatic carbocycles. The van der Waals surface area contributed by atoms with Gasteiger partial charge in [-0.05, 0) is 48.7 Å². The number of halogens is 2. The Balaban J connectivity index is 2.05. The molecule has 0 radical (unpaired) electrons. The molecule has 0 saturated carbocycles. The molecule has 0 aromatic heterocycles. The number of hydrogen-bond acceptors (Lipinski definition) is 1. The highest BCUT2D eigenvalue weighted by molar-refractivity contribution is 6.42. The van der Waals surface area contributed by atoms with Crippen molar-refractivity contribution < 1.29 is 0 Å². The average Bonchev–Trinajstić information content (AvgIpc) is 2.49. The van der Waals surface area contributed by atoms with Gasteiger partial charge in [-0.15, -0.1) is 0 Å². The Morgan fingerprint density at radius 2 is 1.70 bits per heavy atom. The number of hydrogen-bond donors (Lipinski definition) is 1. The van der Waals surface area contributed by atoms with Crippen LogP contribution in [-0.4, -0.2) is 7.05 Å². The summed E-state index contributed by atoms with van der Waals surface area (Å²) >= 11 is 12.2. The minimum absolute atomic E-state index is 0.408. The summed E-state index contributed by atoms with van der Waals surface area (Å²) in [6, 6.07) is 15.1. The van der Waals surface area contributed by atoms with Gasteiger partial charge in [0.2, 0.25) is 0 Å². The van der Waals surface area contributed by atoms with Crippen LogP contribution in [0, 0.1) is 0 Å². The van der Waals surface area contributed by atoms with Crippen LogP contribution in [0.1, 0.15) is 41.5 Å². The molecule has 2 aromatic rings. The predicted molar refractivity (Wildman–Crippen MR) is 85.8 cm³/mol. The van der Waals surface area contributed by atoms with E-state index in [0.717, 1.165) is 12.8 Å². The maximum absolute atomic E-state index is 6.17. The van der Waals surface area contributed by atoms with Gasteiger partial charge in [0, 0.05) is 12.0 Å². The molecule has 2 aromatic carbocycles. The van der Waals surface area contributed by atoms with Crippen LogP contribution in [0.3, 0.4) is 0 Å². The largest absolute Gasteiger partial charge is 0.313 e. The molecule has 0 bridgehead atoms. The van der Waals surface area contributed by atoms with Crippen molar-refractivity contribution in [1.29, 1.82) is 0 Å². The monoisotopic (exact) mass is 311 g/mol. The minimum Gasteiger partial charge on any atom is -0.313 e. The smallest absolute Gasteiger partial charge is 0.0595 e. The van der Waals surface area contributed by atoms with E-state index in [0.29, 0.717) is 22.0 Å². The third kappa shape index (κ3) is 2.46. The highest BCUT2D eigenvalue weighted by atomic mass is 35.5. The van der Waals surface area contributed by atoms with Crippen molar-refractivity contribution in [2.24, 2.45) is 0 Å². The summed E-state index contributed by atoms with van der Waals surface area (Å²) in [5, 5.41) is 4.66. The quantitative estimate of drug-likeness (QED) is 0.805. The van der Waals surface area contributed by atoms with Gasteiger partial charge in [-0.1, -0.05) is 53.5 Å². The van der Waals surface area contributed by atoms with E-state index in [1.165, 1.54) is 16.7 Å². The first-order valence-electron chi connectivity index (χ1n) is 6.91. The van der Waals surface area contributed by atoms with Crippen LogP contribution in [0.2, 0.25) is 10.0 Å². The molecule has 2 atom stereocenters. The van der Waals surface area contributed by atoms with E-state index in [2.05, 4.69) is 35.6 Å². The van der Waals surface area contributed by atoms with Gasteiger partial charge in [0.15, 0.2) is 0 Å². The van der Waals surface area contributed by atoms with E-state index in [4.69, 9.17) is 23.2 Å². The lowest BCUT2D eigenvalue weighted by Gasteiger charge is -2.32. The van der Waals surface area contributed by atoms with E-state index < -0.39 is 0 Å². The van der Waals surface area contributed by atoms with E-state index in [1.54, 1.807) is 0 Å². The van der Waals surface area contributed by atoms with Crippen LogP contribution in [0.5, 0.6) is 0 Å². The van der Waals surface area contributed by atoms with Crippen molar-refractivity contribution in [2.75, 3.05) is 7.05 Å². The Morgan fingerprint density at radius 3 is 2.40 bits per heavy atom. The van der Waals surface area contributed by atoms with E-state index >= 15 is 0 Å². The normalized spacial score (nSPS) is 21.6. The van der Waals surface area contributed by atoms with Gasteiger partial charge in [-0.25, -0.2) is 0 Å². The number of fused-ring (bicyclic) bond motifs is 1. The Labute approximate surface area is 129 Å². The lowest BCUT2D eigenvalue weighted by molar-refractivity contribution is 0.471. The number of nitrogens with one attached hydrogen (secondary N) is 1. The lowest BCUT2D eigenvalue weighted by atomic mass is 9.95. The molecule has 104 valence electrons. The van der Waals surface area contributed by atoms with E-state index in [1.807, 2.05) is 19.2 Å². The van der Waals surface area contributed by atoms with E-state index in [9.17, 15) is 0 Å². The van der Waals surface area contributed by atoms with Crippen molar-refractivity contribution in [3.05, 3.63) is 69.2 Å². The third-order valence-electron chi connectivity index (χ3n) is 4.19. The fourth-order valence-electron chi connectivity index (χ4n) is 3.17. The van der Waals surface area contributed by atoms with Gasteiger partial charge in [0.25, 0.3) is 0 Å². The molecule has 1 N–H and O–H groups in total. The second-order valence-electron chi connectivity index (χ2n) is 5.27. The topological polar surface area (TPSA) is 12.0 Å². The van der Waals surface area contributed by atoms with E-state index in [-0.39, 0.29) is 0 Å². The molecule has 0 spiro atoms. The third-order valence-corrected chi connectivity index (χ3v) is 4.92. The predicted octanol–water partition coefficient (Wildman–Crippen LogP) is 5.18. The fraction of sp³-hybridized carbons (Fsp3) is 0.294. The minimum atomic E-state index is 0.408. The van der Waals surface area contributed by atoms with Gasteiger partial charge in [-0.3, -0.25) is 0 Å². The zero-order valence-corrected chi connectivity index (χ0v) is 12.9. The zero-order chi connectivity index (χ0) is 14.1. The van der Waals surface area contributed by atoms with Gasteiger partial charge in [0.1, 0.15) is 0 Å². The maximum Gasteiger partial charge on any atom is 0.0595 e. The molecule has 0 aliphatic heterocycles. The van der Waals surface area contributed by atoms with Crippen LogP contribution in [0.25, 0.3) is 0 Å². The fourth-order valence-corrected chi connectivity index (χ4v) is 3.47. The molecule has 20 heavy (non-hydrogen) atoms. The standard InChI is InChI=1S/C17H17Cl2N/c1-20-17-9-7-12(13-4-2-3-5-14(13)17)11-6-8-15(18)16(19)10-11/h2-6,8,10,12,17,20H,7,9H2,1H3/t12-,17-/m0/s1/i2+1,3+1,4+1,5+1,13+1,14+1. The zero-order valence-electron chi connectivity index (χ0n) is 11.4. The molecular formula is C17H17Cl2N. The van der Waals surface area contributed by atoms with Crippen molar-refractivity contribution in [3.63, 3.8) is 0 Å². The molecule has 3 heteroatoms. The van der Waals surface area contributed by atoms with Crippen molar-refractivity contribution in [2.45, 2.75) is 24.8 Å². The lowest BCUT2D eigenvalue weighted by Crippen LogP contribution is -2.24. The molecule has 1 aliphatic rings. The van der Waals surface area contributed by atoms with Crippen LogP contribution in [-0.2, 0) is 0 Å². The molecule has 0 unspecified atom stereocenters.